The largest absolute Gasteiger partial charge is 0.468 e. The van der Waals surface area contributed by atoms with Gasteiger partial charge in [-0.05, 0) is 17.7 Å². The lowest BCUT2D eigenvalue weighted by Gasteiger charge is -2.22. The number of halogens is 1. The van der Waals surface area contributed by atoms with E-state index in [1.54, 1.807) is 0 Å². The SMILES string of the molecule is COC(=O)CN1N=C(c2ccc(Br)cc2)CCC1=O. The Labute approximate surface area is 119 Å². The molecular formula is C13H13BrN2O3. The quantitative estimate of drug-likeness (QED) is 0.798. The molecule has 6 heteroatoms. The number of methoxy groups -OCH3 is 1. The number of carbonyl (C=O) groups is 2. The summed E-state index contributed by atoms with van der Waals surface area (Å²) in [7, 11) is 1.29. The molecule has 1 amide bonds. The lowest BCUT2D eigenvalue weighted by Crippen LogP contribution is -2.36. The molecule has 0 aromatic heterocycles. The highest BCUT2D eigenvalue weighted by Gasteiger charge is 2.23. The number of benzene rings is 1. The Morgan fingerprint density at radius 2 is 2.05 bits per heavy atom. The molecule has 0 aliphatic carbocycles. The number of amides is 1. The van der Waals surface area contributed by atoms with E-state index in [0.717, 1.165) is 15.7 Å². The Bertz CT molecular complexity index is 525. The van der Waals surface area contributed by atoms with Gasteiger partial charge in [0.25, 0.3) is 0 Å². The molecular weight excluding hydrogens is 312 g/mol. The van der Waals surface area contributed by atoms with Crippen molar-refractivity contribution in [2.24, 2.45) is 5.10 Å². The van der Waals surface area contributed by atoms with E-state index in [0.29, 0.717) is 12.8 Å². The van der Waals surface area contributed by atoms with Crippen LogP contribution >= 0.6 is 15.9 Å². The van der Waals surface area contributed by atoms with Crippen LogP contribution < -0.4 is 0 Å². The number of ether oxygens (including phenoxy) is 1. The van der Waals surface area contributed by atoms with Crippen LogP contribution in [0.2, 0.25) is 0 Å². The van der Waals surface area contributed by atoms with Gasteiger partial charge in [-0.3, -0.25) is 9.59 Å². The Morgan fingerprint density at radius 1 is 1.37 bits per heavy atom. The Hall–Kier alpha value is -1.69. The highest BCUT2D eigenvalue weighted by molar-refractivity contribution is 9.10. The number of nitrogens with zero attached hydrogens (tertiary/aromatic N) is 2. The van der Waals surface area contributed by atoms with Crippen LogP contribution in [0.4, 0.5) is 0 Å². The Balaban J connectivity index is 2.21. The van der Waals surface area contributed by atoms with Crippen molar-refractivity contribution >= 4 is 33.5 Å². The van der Waals surface area contributed by atoms with Crippen LogP contribution in [0.15, 0.2) is 33.8 Å². The van der Waals surface area contributed by atoms with Crippen LogP contribution in [-0.4, -0.2) is 36.3 Å². The predicted molar refractivity (Wildman–Crippen MR) is 73.6 cm³/mol. The maximum atomic E-state index is 11.7. The third kappa shape index (κ3) is 3.41. The van der Waals surface area contributed by atoms with Gasteiger partial charge in [0.1, 0.15) is 6.54 Å². The molecule has 5 nitrogen and oxygen atoms in total. The topological polar surface area (TPSA) is 59.0 Å². The van der Waals surface area contributed by atoms with Gasteiger partial charge in [-0.1, -0.05) is 28.1 Å². The van der Waals surface area contributed by atoms with Gasteiger partial charge in [0.05, 0.1) is 12.8 Å². The first-order chi connectivity index (χ1) is 9.10. The molecule has 0 spiro atoms. The molecule has 0 radical (unpaired) electrons. The first-order valence-electron chi connectivity index (χ1n) is 5.81. The average molecular weight is 325 g/mol. The third-order valence-corrected chi connectivity index (χ3v) is 3.32. The fourth-order valence-corrected chi connectivity index (χ4v) is 2.02. The summed E-state index contributed by atoms with van der Waals surface area (Å²) < 4.78 is 5.53. The monoisotopic (exact) mass is 324 g/mol. The number of carbonyl (C=O) groups excluding carboxylic acids is 2. The standard InChI is InChI=1S/C13H13BrN2O3/c1-19-13(18)8-16-12(17)7-6-11(15-16)9-2-4-10(14)5-3-9/h2-5H,6-8H2,1H3. The number of hydrogen-bond donors (Lipinski definition) is 0. The lowest BCUT2D eigenvalue weighted by atomic mass is 10.0. The van der Waals surface area contributed by atoms with Gasteiger partial charge in [0.2, 0.25) is 5.91 Å². The highest BCUT2D eigenvalue weighted by atomic mass is 79.9. The molecule has 0 saturated carbocycles. The van der Waals surface area contributed by atoms with Crippen molar-refractivity contribution in [3.05, 3.63) is 34.3 Å². The van der Waals surface area contributed by atoms with Crippen LogP contribution in [0.5, 0.6) is 0 Å². The first kappa shape index (κ1) is 13.7. The number of rotatable bonds is 3. The number of hydrazone groups is 1. The van der Waals surface area contributed by atoms with Gasteiger partial charge in [0.15, 0.2) is 0 Å². The van der Waals surface area contributed by atoms with E-state index in [-0.39, 0.29) is 12.5 Å². The van der Waals surface area contributed by atoms with Crippen molar-refractivity contribution < 1.29 is 14.3 Å². The van der Waals surface area contributed by atoms with E-state index < -0.39 is 5.97 Å². The van der Waals surface area contributed by atoms with Crippen molar-refractivity contribution in [3.8, 4) is 0 Å². The molecule has 1 aliphatic heterocycles. The van der Waals surface area contributed by atoms with Gasteiger partial charge in [-0.2, -0.15) is 5.10 Å². The molecule has 0 atom stereocenters. The summed E-state index contributed by atoms with van der Waals surface area (Å²) in [5.74, 6) is -0.639. The van der Waals surface area contributed by atoms with Crippen LogP contribution in [0, 0.1) is 0 Å². The summed E-state index contributed by atoms with van der Waals surface area (Å²) in [5, 5.41) is 5.41. The van der Waals surface area contributed by atoms with E-state index in [1.807, 2.05) is 24.3 Å². The van der Waals surface area contributed by atoms with Crippen molar-refractivity contribution in [3.63, 3.8) is 0 Å². The minimum absolute atomic E-state index is 0.143. The fourth-order valence-electron chi connectivity index (χ4n) is 1.76. The van der Waals surface area contributed by atoms with Gasteiger partial charge < -0.3 is 4.74 Å². The van der Waals surface area contributed by atoms with E-state index in [2.05, 4.69) is 25.8 Å². The van der Waals surface area contributed by atoms with Gasteiger partial charge in [-0.25, -0.2) is 5.01 Å². The number of esters is 1. The van der Waals surface area contributed by atoms with Crippen LogP contribution in [0.25, 0.3) is 0 Å². The molecule has 0 unspecified atom stereocenters. The minimum Gasteiger partial charge on any atom is -0.468 e. The summed E-state index contributed by atoms with van der Waals surface area (Å²) in [4.78, 5) is 22.9. The maximum Gasteiger partial charge on any atom is 0.327 e. The van der Waals surface area contributed by atoms with Gasteiger partial charge >= 0.3 is 5.97 Å². The first-order valence-corrected chi connectivity index (χ1v) is 6.60. The smallest absolute Gasteiger partial charge is 0.327 e. The van der Waals surface area contributed by atoms with Crippen LogP contribution in [-0.2, 0) is 14.3 Å². The summed E-state index contributed by atoms with van der Waals surface area (Å²) in [6.45, 7) is -0.143. The summed E-state index contributed by atoms with van der Waals surface area (Å²) >= 11 is 3.37. The third-order valence-electron chi connectivity index (χ3n) is 2.79. The highest BCUT2D eigenvalue weighted by Crippen LogP contribution is 2.17. The summed E-state index contributed by atoms with van der Waals surface area (Å²) in [6, 6.07) is 7.68. The average Bonchev–Trinajstić information content (AvgIpc) is 2.42. The zero-order valence-corrected chi connectivity index (χ0v) is 12.0. The second kappa shape index (κ2) is 5.97. The van der Waals surface area contributed by atoms with Crippen LogP contribution in [0.3, 0.4) is 0 Å². The van der Waals surface area contributed by atoms with Crippen molar-refractivity contribution in [2.75, 3.05) is 13.7 Å². The second-order valence-electron chi connectivity index (χ2n) is 4.08. The lowest BCUT2D eigenvalue weighted by molar-refractivity contribution is -0.147. The minimum atomic E-state index is -0.478. The van der Waals surface area contributed by atoms with Gasteiger partial charge in [-0.15, -0.1) is 0 Å². The number of hydrogen-bond acceptors (Lipinski definition) is 4. The van der Waals surface area contributed by atoms with Crippen molar-refractivity contribution in [1.29, 1.82) is 0 Å². The fraction of sp³-hybridized carbons (Fsp3) is 0.308. The normalized spacial score (nSPS) is 15.2. The second-order valence-corrected chi connectivity index (χ2v) is 5.00. The van der Waals surface area contributed by atoms with E-state index in [4.69, 9.17) is 0 Å². The Morgan fingerprint density at radius 3 is 2.68 bits per heavy atom. The van der Waals surface area contributed by atoms with E-state index in [9.17, 15) is 9.59 Å². The molecule has 0 N–H and O–H groups in total. The van der Waals surface area contributed by atoms with Crippen molar-refractivity contribution in [2.45, 2.75) is 12.8 Å². The van der Waals surface area contributed by atoms with E-state index in [1.165, 1.54) is 12.1 Å². The zero-order valence-electron chi connectivity index (χ0n) is 10.4. The molecule has 100 valence electrons. The molecule has 1 heterocycles. The molecule has 2 rings (SSSR count). The zero-order chi connectivity index (χ0) is 13.8. The molecule has 0 fully saturated rings. The molecule has 0 saturated heterocycles. The maximum absolute atomic E-state index is 11.7. The molecule has 1 aromatic carbocycles. The van der Waals surface area contributed by atoms with Crippen molar-refractivity contribution in [1.82, 2.24) is 5.01 Å². The molecule has 1 aliphatic rings. The molecule has 0 bridgehead atoms. The van der Waals surface area contributed by atoms with E-state index >= 15 is 0 Å². The Kier molecular flexibility index (Phi) is 4.31. The molecule has 19 heavy (non-hydrogen) atoms. The van der Waals surface area contributed by atoms with Crippen LogP contribution in [0.1, 0.15) is 18.4 Å². The van der Waals surface area contributed by atoms with Gasteiger partial charge in [0, 0.05) is 17.3 Å². The summed E-state index contributed by atoms with van der Waals surface area (Å²) in [5.41, 5.74) is 1.75. The predicted octanol–water partition coefficient (Wildman–Crippen LogP) is 1.95. The summed E-state index contributed by atoms with van der Waals surface area (Å²) in [6.07, 6.45) is 0.935. The molecule has 1 aromatic rings.